The molecule has 0 unspecified atom stereocenters. The van der Waals surface area contributed by atoms with Gasteiger partial charge >= 0.3 is 6.03 Å². The van der Waals surface area contributed by atoms with Crippen molar-refractivity contribution in [2.45, 2.75) is 13.0 Å². The molecule has 154 valence electrons. The summed E-state index contributed by atoms with van der Waals surface area (Å²) in [5.74, 6) is 0.854. The van der Waals surface area contributed by atoms with Crippen LogP contribution in [-0.2, 0) is 11.3 Å². The van der Waals surface area contributed by atoms with Crippen molar-refractivity contribution in [1.29, 1.82) is 0 Å². The Kier molecular flexibility index (Phi) is 6.54. The van der Waals surface area contributed by atoms with Crippen LogP contribution in [0.25, 0.3) is 0 Å². The number of likely N-dealkylation sites (tertiary alicyclic amines) is 1. The first-order chi connectivity index (χ1) is 14.0. The minimum atomic E-state index is -0.377. The van der Waals surface area contributed by atoms with Crippen LogP contribution in [0.3, 0.4) is 0 Å². The molecule has 0 radical (unpaired) electrons. The highest BCUT2D eigenvalue weighted by molar-refractivity contribution is 5.91. The average Bonchev–Trinajstić information content (AvgIpc) is 3.07. The summed E-state index contributed by atoms with van der Waals surface area (Å²) < 4.78 is 23.4. The molecule has 1 heterocycles. The van der Waals surface area contributed by atoms with E-state index in [1.807, 2.05) is 0 Å². The van der Waals surface area contributed by atoms with E-state index in [0.717, 1.165) is 5.56 Å². The zero-order valence-corrected chi connectivity index (χ0v) is 16.4. The topological polar surface area (TPSA) is 79.9 Å². The summed E-state index contributed by atoms with van der Waals surface area (Å²) in [6.07, 6.45) is 0.368. The van der Waals surface area contributed by atoms with Gasteiger partial charge in [0, 0.05) is 38.0 Å². The molecular formula is C21H24FN3O4. The van der Waals surface area contributed by atoms with Crippen LogP contribution >= 0.6 is 0 Å². The molecule has 1 atom stereocenters. The van der Waals surface area contributed by atoms with Crippen LogP contribution in [0.15, 0.2) is 42.5 Å². The Balaban J connectivity index is 1.49. The number of nitrogens with zero attached hydrogens (tertiary/aromatic N) is 1. The van der Waals surface area contributed by atoms with E-state index in [2.05, 4.69) is 10.6 Å². The number of nitrogens with one attached hydrogen (secondary N) is 2. The second kappa shape index (κ2) is 9.27. The maximum absolute atomic E-state index is 13.0. The molecule has 2 N–H and O–H groups in total. The molecule has 3 rings (SSSR count). The Morgan fingerprint density at radius 3 is 2.62 bits per heavy atom. The molecule has 7 nitrogen and oxygen atoms in total. The third-order valence-corrected chi connectivity index (χ3v) is 4.79. The van der Waals surface area contributed by atoms with E-state index in [-0.39, 0.29) is 23.7 Å². The number of amides is 3. The smallest absolute Gasteiger partial charge is 0.319 e. The number of halogens is 1. The summed E-state index contributed by atoms with van der Waals surface area (Å²) >= 11 is 0. The summed E-state index contributed by atoms with van der Waals surface area (Å²) in [6.45, 7) is 1.35. The van der Waals surface area contributed by atoms with Crippen LogP contribution in [0, 0.1) is 11.7 Å². The standard InChI is InChI=1S/C21H24FN3O4/c1-28-17-7-8-18(19(10-17)29-2)24-21(27)23-11-15-9-20(26)25(13-15)12-14-3-5-16(22)6-4-14/h3-8,10,15H,9,11-13H2,1-2H3,(H2,23,24,27)/t15-/m1/s1. The minimum absolute atomic E-state index is 0.0199. The Bertz CT molecular complexity index is 873. The van der Waals surface area contributed by atoms with Gasteiger partial charge in [-0.25, -0.2) is 9.18 Å². The van der Waals surface area contributed by atoms with Crippen LogP contribution < -0.4 is 20.1 Å². The molecular weight excluding hydrogens is 377 g/mol. The van der Waals surface area contributed by atoms with Gasteiger partial charge in [-0.1, -0.05) is 12.1 Å². The van der Waals surface area contributed by atoms with Gasteiger partial charge in [0.15, 0.2) is 0 Å². The van der Waals surface area contributed by atoms with Crippen molar-refractivity contribution in [1.82, 2.24) is 10.2 Å². The highest BCUT2D eigenvalue weighted by Gasteiger charge is 2.29. The number of benzene rings is 2. The molecule has 0 spiro atoms. The van der Waals surface area contributed by atoms with Crippen molar-refractivity contribution < 1.29 is 23.5 Å². The van der Waals surface area contributed by atoms with Crippen molar-refractivity contribution in [3.8, 4) is 11.5 Å². The van der Waals surface area contributed by atoms with Gasteiger partial charge in [-0.2, -0.15) is 0 Å². The number of carbonyl (C=O) groups is 2. The van der Waals surface area contributed by atoms with Gasteiger partial charge in [0.2, 0.25) is 5.91 Å². The van der Waals surface area contributed by atoms with Crippen molar-refractivity contribution >= 4 is 17.6 Å². The van der Waals surface area contributed by atoms with E-state index < -0.39 is 0 Å². The Hall–Kier alpha value is -3.29. The molecule has 1 aliphatic rings. The van der Waals surface area contributed by atoms with Crippen molar-refractivity contribution in [3.05, 3.63) is 53.8 Å². The quantitative estimate of drug-likeness (QED) is 0.748. The van der Waals surface area contributed by atoms with Gasteiger partial charge in [0.05, 0.1) is 19.9 Å². The first kappa shape index (κ1) is 20.4. The number of urea groups is 1. The van der Waals surface area contributed by atoms with Crippen LogP contribution in [0.5, 0.6) is 11.5 Å². The SMILES string of the molecule is COc1ccc(NC(=O)NC[C@H]2CC(=O)N(Cc3ccc(F)cc3)C2)c(OC)c1. The van der Waals surface area contributed by atoms with Crippen molar-refractivity contribution in [2.24, 2.45) is 5.92 Å². The third-order valence-electron chi connectivity index (χ3n) is 4.79. The summed E-state index contributed by atoms with van der Waals surface area (Å²) in [5.41, 5.74) is 1.39. The summed E-state index contributed by atoms with van der Waals surface area (Å²) in [7, 11) is 3.06. The van der Waals surface area contributed by atoms with Crippen LogP contribution in [-0.4, -0.2) is 44.1 Å². The lowest BCUT2D eigenvalue weighted by molar-refractivity contribution is -0.128. The summed E-state index contributed by atoms with van der Waals surface area (Å²) in [5, 5.41) is 5.54. The van der Waals surface area contributed by atoms with Gasteiger partial charge in [0.1, 0.15) is 17.3 Å². The minimum Gasteiger partial charge on any atom is -0.497 e. The monoisotopic (exact) mass is 401 g/mol. The van der Waals surface area contributed by atoms with Crippen molar-refractivity contribution in [3.63, 3.8) is 0 Å². The average molecular weight is 401 g/mol. The molecule has 1 aliphatic heterocycles. The largest absolute Gasteiger partial charge is 0.497 e. The van der Waals surface area contributed by atoms with Gasteiger partial charge in [-0.05, 0) is 29.8 Å². The number of carbonyl (C=O) groups excluding carboxylic acids is 2. The van der Waals surface area contributed by atoms with Gasteiger partial charge < -0.3 is 25.0 Å². The lowest BCUT2D eigenvalue weighted by Crippen LogP contribution is -2.34. The number of anilines is 1. The first-order valence-corrected chi connectivity index (χ1v) is 9.27. The number of rotatable bonds is 7. The fourth-order valence-electron chi connectivity index (χ4n) is 3.26. The predicted molar refractivity (Wildman–Crippen MR) is 106 cm³/mol. The second-order valence-electron chi connectivity index (χ2n) is 6.87. The number of methoxy groups -OCH3 is 2. The van der Waals surface area contributed by atoms with E-state index in [4.69, 9.17) is 9.47 Å². The molecule has 0 saturated carbocycles. The van der Waals surface area contributed by atoms with Gasteiger partial charge in [-0.3, -0.25) is 4.79 Å². The van der Waals surface area contributed by atoms with Crippen LogP contribution in [0.2, 0.25) is 0 Å². The molecule has 0 bridgehead atoms. The van der Waals surface area contributed by atoms with Crippen LogP contribution in [0.4, 0.5) is 14.9 Å². The molecule has 29 heavy (non-hydrogen) atoms. The number of hydrogen-bond donors (Lipinski definition) is 2. The van der Waals surface area contributed by atoms with E-state index in [1.165, 1.54) is 19.2 Å². The zero-order chi connectivity index (χ0) is 20.8. The van der Waals surface area contributed by atoms with E-state index in [1.54, 1.807) is 42.3 Å². The molecule has 2 aromatic rings. The van der Waals surface area contributed by atoms with Crippen LogP contribution in [0.1, 0.15) is 12.0 Å². The van der Waals surface area contributed by atoms with E-state index in [9.17, 15) is 14.0 Å². The predicted octanol–water partition coefficient (Wildman–Crippen LogP) is 3.01. The number of ether oxygens (including phenoxy) is 2. The fourth-order valence-corrected chi connectivity index (χ4v) is 3.26. The molecule has 8 heteroatoms. The molecule has 0 aromatic heterocycles. The van der Waals surface area contributed by atoms with Crippen molar-refractivity contribution in [2.75, 3.05) is 32.6 Å². The Labute approximate surface area is 168 Å². The number of hydrogen-bond acceptors (Lipinski definition) is 4. The van der Waals surface area contributed by atoms with E-state index in [0.29, 0.717) is 43.2 Å². The maximum Gasteiger partial charge on any atom is 0.319 e. The normalized spacial score (nSPS) is 15.9. The lowest BCUT2D eigenvalue weighted by Gasteiger charge is -2.17. The molecule has 0 aliphatic carbocycles. The second-order valence-corrected chi connectivity index (χ2v) is 6.87. The summed E-state index contributed by atoms with van der Waals surface area (Å²) in [4.78, 5) is 26.2. The molecule has 1 saturated heterocycles. The Morgan fingerprint density at radius 1 is 1.17 bits per heavy atom. The Morgan fingerprint density at radius 2 is 1.93 bits per heavy atom. The summed E-state index contributed by atoms with van der Waals surface area (Å²) in [6, 6.07) is 10.8. The zero-order valence-electron chi connectivity index (χ0n) is 16.4. The third kappa shape index (κ3) is 5.37. The van der Waals surface area contributed by atoms with Gasteiger partial charge in [0.25, 0.3) is 0 Å². The highest BCUT2D eigenvalue weighted by Crippen LogP contribution is 2.29. The first-order valence-electron chi connectivity index (χ1n) is 9.27. The molecule has 2 aromatic carbocycles. The molecule has 3 amide bonds. The van der Waals surface area contributed by atoms with Gasteiger partial charge in [-0.15, -0.1) is 0 Å². The van der Waals surface area contributed by atoms with E-state index >= 15 is 0 Å². The lowest BCUT2D eigenvalue weighted by atomic mass is 10.1. The molecule has 1 fully saturated rings. The fraction of sp³-hybridized carbons (Fsp3) is 0.333. The maximum atomic E-state index is 13.0. The highest BCUT2D eigenvalue weighted by atomic mass is 19.1.